The van der Waals surface area contributed by atoms with Crippen LogP contribution < -0.4 is 5.32 Å². The standard InChI is InChI=1S/C14H21N3O2/c1-3-13-12(6-9(2)16-17-13)14(19)15-8-10-4-5-11(18)7-10/h6,10-11,18H,3-5,7-8H2,1-2H3,(H,15,19). The van der Waals surface area contributed by atoms with E-state index in [0.717, 1.165) is 30.7 Å². The number of hydrogen-bond acceptors (Lipinski definition) is 4. The van der Waals surface area contributed by atoms with Crippen LogP contribution in [-0.2, 0) is 6.42 Å². The summed E-state index contributed by atoms with van der Waals surface area (Å²) in [6.45, 7) is 4.42. The molecule has 104 valence electrons. The normalized spacial score (nSPS) is 22.5. The fourth-order valence-corrected chi connectivity index (χ4v) is 2.54. The molecule has 0 bridgehead atoms. The van der Waals surface area contributed by atoms with Gasteiger partial charge in [0.1, 0.15) is 0 Å². The molecular weight excluding hydrogens is 242 g/mol. The Kier molecular flexibility index (Phi) is 4.47. The molecule has 1 saturated carbocycles. The third kappa shape index (κ3) is 3.50. The Hall–Kier alpha value is -1.49. The zero-order valence-electron chi connectivity index (χ0n) is 11.5. The second-order valence-electron chi connectivity index (χ2n) is 5.24. The molecule has 1 heterocycles. The Bertz CT molecular complexity index is 462. The van der Waals surface area contributed by atoms with Crippen molar-refractivity contribution in [2.75, 3.05) is 6.54 Å². The van der Waals surface area contributed by atoms with Crippen molar-refractivity contribution in [3.8, 4) is 0 Å². The first-order valence-corrected chi connectivity index (χ1v) is 6.89. The number of aliphatic hydroxyl groups excluding tert-OH is 1. The summed E-state index contributed by atoms with van der Waals surface area (Å²) in [7, 11) is 0. The van der Waals surface area contributed by atoms with E-state index in [4.69, 9.17) is 0 Å². The molecule has 2 rings (SSSR count). The lowest BCUT2D eigenvalue weighted by atomic mass is 10.1. The van der Waals surface area contributed by atoms with Crippen LogP contribution in [0.25, 0.3) is 0 Å². The van der Waals surface area contributed by atoms with Crippen molar-refractivity contribution >= 4 is 5.91 Å². The Morgan fingerprint density at radius 2 is 2.26 bits per heavy atom. The van der Waals surface area contributed by atoms with Gasteiger partial charge in [0.2, 0.25) is 0 Å². The average Bonchev–Trinajstić information content (AvgIpc) is 2.81. The molecule has 2 unspecified atom stereocenters. The topological polar surface area (TPSA) is 75.1 Å². The summed E-state index contributed by atoms with van der Waals surface area (Å²) in [5.41, 5.74) is 2.10. The van der Waals surface area contributed by atoms with Crippen molar-refractivity contribution in [1.82, 2.24) is 15.5 Å². The molecular formula is C14H21N3O2. The summed E-state index contributed by atoms with van der Waals surface area (Å²) >= 11 is 0. The van der Waals surface area contributed by atoms with Crippen molar-refractivity contribution in [3.63, 3.8) is 0 Å². The molecule has 0 aliphatic heterocycles. The van der Waals surface area contributed by atoms with Gasteiger partial charge in [0, 0.05) is 6.54 Å². The van der Waals surface area contributed by atoms with Gasteiger partial charge in [-0.25, -0.2) is 0 Å². The number of amides is 1. The molecule has 1 fully saturated rings. The Morgan fingerprint density at radius 3 is 2.89 bits per heavy atom. The predicted molar refractivity (Wildman–Crippen MR) is 71.8 cm³/mol. The van der Waals surface area contributed by atoms with E-state index in [0.29, 0.717) is 24.4 Å². The van der Waals surface area contributed by atoms with Crippen LogP contribution in [0.2, 0.25) is 0 Å². The Balaban J connectivity index is 1.97. The highest BCUT2D eigenvalue weighted by Gasteiger charge is 2.23. The minimum Gasteiger partial charge on any atom is -0.393 e. The van der Waals surface area contributed by atoms with Gasteiger partial charge in [-0.2, -0.15) is 10.2 Å². The van der Waals surface area contributed by atoms with Gasteiger partial charge < -0.3 is 10.4 Å². The number of rotatable bonds is 4. The van der Waals surface area contributed by atoms with E-state index in [1.807, 2.05) is 13.8 Å². The fraction of sp³-hybridized carbons (Fsp3) is 0.643. The number of aliphatic hydroxyl groups is 1. The molecule has 0 saturated heterocycles. The molecule has 1 aromatic heterocycles. The molecule has 1 amide bonds. The smallest absolute Gasteiger partial charge is 0.253 e. The summed E-state index contributed by atoms with van der Waals surface area (Å²) in [5.74, 6) is 0.302. The Morgan fingerprint density at radius 1 is 1.47 bits per heavy atom. The van der Waals surface area contributed by atoms with Crippen LogP contribution in [0.5, 0.6) is 0 Å². The Labute approximate surface area is 113 Å². The molecule has 2 N–H and O–H groups in total. The highest BCUT2D eigenvalue weighted by molar-refractivity contribution is 5.95. The van der Waals surface area contributed by atoms with Gasteiger partial charge in [0.05, 0.1) is 23.1 Å². The van der Waals surface area contributed by atoms with E-state index in [2.05, 4.69) is 15.5 Å². The van der Waals surface area contributed by atoms with Gasteiger partial charge >= 0.3 is 0 Å². The summed E-state index contributed by atoms with van der Waals surface area (Å²) < 4.78 is 0. The van der Waals surface area contributed by atoms with Crippen LogP contribution in [0.15, 0.2) is 6.07 Å². The quantitative estimate of drug-likeness (QED) is 0.857. The molecule has 0 spiro atoms. The van der Waals surface area contributed by atoms with Gasteiger partial charge in [-0.05, 0) is 44.6 Å². The highest BCUT2D eigenvalue weighted by Crippen LogP contribution is 2.24. The SMILES string of the molecule is CCc1nnc(C)cc1C(=O)NCC1CCC(O)C1. The fourth-order valence-electron chi connectivity index (χ4n) is 2.54. The molecule has 1 aromatic rings. The maximum atomic E-state index is 12.2. The van der Waals surface area contributed by atoms with Gasteiger partial charge in [0.15, 0.2) is 0 Å². The van der Waals surface area contributed by atoms with Crippen LogP contribution in [0.1, 0.15) is 47.9 Å². The van der Waals surface area contributed by atoms with Gasteiger partial charge in [-0.3, -0.25) is 4.79 Å². The average molecular weight is 263 g/mol. The molecule has 1 aliphatic rings. The monoisotopic (exact) mass is 263 g/mol. The van der Waals surface area contributed by atoms with Crippen molar-refractivity contribution in [2.24, 2.45) is 5.92 Å². The molecule has 5 heteroatoms. The van der Waals surface area contributed by atoms with Crippen LogP contribution in [-0.4, -0.2) is 33.9 Å². The maximum absolute atomic E-state index is 12.2. The summed E-state index contributed by atoms with van der Waals surface area (Å²) in [4.78, 5) is 12.2. The van der Waals surface area contributed by atoms with Crippen LogP contribution in [0.4, 0.5) is 0 Å². The first-order valence-electron chi connectivity index (χ1n) is 6.89. The first kappa shape index (κ1) is 13.9. The number of carbonyl (C=O) groups excluding carboxylic acids is 1. The van der Waals surface area contributed by atoms with Crippen molar-refractivity contribution in [3.05, 3.63) is 23.0 Å². The lowest BCUT2D eigenvalue weighted by molar-refractivity contribution is 0.0943. The number of hydrogen-bond donors (Lipinski definition) is 2. The van der Waals surface area contributed by atoms with Crippen LogP contribution in [0, 0.1) is 12.8 Å². The van der Waals surface area contributed by atoms with E-state index in [9.17, 15) is 9.90 Å². The van der Waals surface area contributed by atoms with E-state index < -0.39 is 0 Å². The van der Waals surface area contributed by atoms with E-state index >= 15 is 0 Å². The lowest BCUT2D eigenvalue weighted by Gasteiger charge is -2.12. The molecule has 1 aliphatic carbocycles. The molecule has 19 heavy (non-hydrogen) atoms. The number of aromatic nitrogens is 2. The van der Waals surface area contributed by atoms with Crippen molar-refractivity contribution in [2.45, 2.75) is 45.6 Å². The van der Waals surface area contributed by atoms with E-state index in [1.54, 1.807) is 6.07 Å². The number of nitrogens with one attached hydrogen (secondary N) is 1. The lowest BCUT2D eigenvalue weighted by Crippen LogP contribution is -2.30. The number of aryl methyl sites for hydroxylation is 2. The number of carbonyl (C=O) groups is 1. The predicted octanol–water partition coefficient (Wildman–Crippen LogP) is 1.24. The second-order valence-corrected chi connectivity index (χ2v) is 5.24. The zero-order valence-corrected chi connectivity index (χ0v) is 11.5. The summed E-state index contributed by atoms with van der Waals surface area (Å²) in [6, 6.07) is 1.78. The van der Waals surface area contributed by atoms with Crippen LogP contribution in [0.3, 0.4) is 0 Å². The van der Waals surface area contributed by atoms with Crippen molar-refractivity contribution in [1.29, 1.82) is 0 Å². The van der Waals surface area contributed by atoms with Gasteiger partial charge in [-0.15, -0.1) is 0 Å². The van der Waals surface area contributed by atoms with Crippen molar-refractivity contribution < 1.29 is 9.90 Å². The first-order chi connectivity index (χ1) is 9.10. The number of nitrogens with zero attached hydrogens (tertiary/aromatic N) is 2. The summed E-state index contributed by atoms with van der Waals surface area (Å²) in [5, 5.41) is 20.5. The third-order valence-corrected chi connectivity index (χ3v) is 3.64. The van der Waals surface area contributed by atoms with E-state index in [-0.39, 0.29) is 12.0 Å². The minimum absolute atomic E-state index is 0.0868. The summed E-state index contributed by atoms with van der Waals surface area (Å²) in [6.07, 6.45) is 3.11. The molecule has 0 radical (unpaired) electrons. The molecule has 5 nitrogen and oxygen atoms in total. The van der Waals surface area contributed by atoms with Gasteiger partial charge in [0.25, 0.3) is 5.91 Å². The third-order valence-electron chi connectivity index (χ3n) is 3.64. The largest absolute Gasteiger partial charge is 0.393 e. The van der Waals surface area contributed by atoms with Crippen LogP contribution >= 0.6 is 0 Å². The molecule has 0 aromatic carbocycles. The van der Waals surface area contributed by atoms with Gasteiger partial charge in [-0.1, -0.05) is 6.92 Å². The highest BCUT2D eigenvalue weighted by atomic mass is 16.3. The second kappa shape index (κ2) is 6.10. The minimum atomic E-state index is -0.196. The molecule has 2 atom stereocenters. The zero-order chi connectivity index (χ0) is 13.8. The maximum Gasteiger partial charge on any atom is 0.253 e. The van der Waals surface area contributed by atoms with E-state index in [1.165, 1.54) is 0 Å².